The van der Waals surface area contributed by atoms with E-state index in [9.17, 15) is 9.59 Å². The van der Waals surface area contributed by atoms with Gasteiger partial charge in [-0.05, 0) is 48.9 Å². The van der Waals surface area contributed by atoms with Crippen molar-refractivity contribution in [2.45, 2.75) is 6.92 Å². The molecule has 3 rings (SSSR count). The molecule has 0 saturated heterocycles. The van der Waals surface area contributed by atoms with Gasteiger partial charge in [-0.2, -0.15) is 0 Å². The third kappa shape index (κ3) is 4.66. The molecular formula is C21H18ClN3O3. The molecule has 28 heavy (non-hydrogen) atoms. The summed E-state index contributed by atoms with van der Waals surface area (Å²) in [6.45, 7) is 1.86. The van der Waals surface area contributed by atoms with Crippen LogP contribution in [0.4, 0.5) is 11.4 Å². The lowest BCUT2D eigenvalue weighted by Crippen LogP contribution is -2.17. The molecule has 3 aromatic rings. The van der Waals surface area contributed by atoms with E-state index in [4.69, 9.17) is 16.3 Å². The van der Waals surface area contributed by atoms with Crippen molar-refractivity contribution in [1.29, 1.82) is 0 Å². The Hall–Kier alpha value is -3.38. The summed E-state index contributed by atoms with van der Waals surface area (Å²) >= 11 is 5.98. The quantitative estimate of drug-likeness (QED) is 0.663. The van der Waals surface area contributed by atoms with E-state index in [0.717, 1.165) is 5.56 Å². The van der Waals surface area contributed by atoms with Crippen LogP contribution >= 0.6 is 11.6 Å². The summed E-state index contributed by atoms with van der Waals surface area (Å²) in [5, 5.41) is 6.05. The van der Waals surface area contributed by atoms with Gasteiger partial charge in [-0.25, -0.2) is 0 Å². The molecule has 0 aliphatic heterocycles. The Labute approximate surface area is 167 Å². The predicted molar refractivity (Wildman–Crippen MR) is 109 cm³/mol. The number of halogens is 1. The summed E-state index contributed by atoms with van der Waals surface area (Å²) in [7, 11) is 1.55. The number of ether oxygens (including phenoxy) is 1. The largest absolute Gasteiger partial charge is 0.497 e. The molecule has 2 aromatic carbocycles. The van der Waals surface area contributed by atoms with Crippen LogP contribution in [-0.4, -0.2) is 23.9 Å². The Morgan fingerprint density at radius 3 is 2.61 bits per heavy atom. The Morgan fingerprint density at radius 1 is 1.00 bits per heavy atom. The van der Waals surface area contributed by atoms with Crippen molar-refractivity contribution in [2.75, 3.05) is 17.7 Å². The highest BCUT2D eigenvalue weighted by Crippen LogP contribution is 2.21. The van der Waals surface area contributed by atoms with Crippen LogP contribution in [0.5, 0.6) is 5.75 Å². The lowest BCUT2D eigenvalue weighted by molar-refractivity contribution is 0.102. The molecule has 0 atom stereocenters. The third-order valence-electron chi connectivity index (χ3n) is 4.03. The van der Waals surface area contributed by atoms with Crippen molar-refractivity contribution in [3.05, 3.63) is 82.6 Å². The summed E-state index contributed by atoms with van der Waals surface area (Å²) in [5.41, 5.74) is 2.47. The first-order valence-corrected chi connectivity index (χ1v) is 8.83. The molecule has 2 amide bonds. The number of carbonyl (C=O) groups excluding carboxylic acids is 2. The second-order valence-electron chi connectivity index (χ2n) is 6.03. The number of nitrogens with one attached hydrogen (secondary N) is 2. The fourth-order valence-corrected chi connectivity index (χ4v) is 2.69. The molecule has 0 spiro atoms. The van der Waals surface area contributed by atoms with E-state index in [0.29, 0.717) is 27.7 Å². The van der Waals surface area contributed by atoms with Gasteiger partial charge >= 0.3 is 0 Å². The zero-order valence-electron chi connectivity index (χ0n) is 15.3. The van der Waals surface area contributed by atoms with Crippen LogP contribution in [0.25, 0.3) is 0 Å². The molecule has 6 nitrogen and oxygen atoms in total. The van der Waals surface area contributed by atoms with Gasteiger partial charge in [-0.1, -0.05) is 23.7 Å². The standard InChI is InChI=1S/C21H18ClN3O3/c1-13-6-7-15(22)11-18(13)25-21(27)19-10-14(8-9-23-19)20(26)24-16-4-3-5-17(12-16)28-2/h3-12H,1-2H3,(H,24,26)(H,25,27). The van der Waals surface area contributed by atoms with Crippen LogP contribution in [0.3, 0.4) is 0 Å². The lowest BCUT2D eigenvalue weighted by Gasteiger charge is -2.10. The second kappa shape index (κ2) is 8.54. The number of hydrogen-bond donors (Lipinski definition) is 2. The maximum Gasteiger partial charge on any atom is 0.274 e. The average Bonchev–Trinajstić information content (AvgIpc) is 2.71. The number of hydrogen-bond acceptors (Lipinski definition) is 4. The van der Waals surface area contributed by atoms with Crippen LogP contribution in [0, 0.1) is 6.92 Å². The summed E-state index contributed by atoms with van der Waals surface area (Å²) in [5.74, 6) is -0.158. The van der Waals surface area contributed by atoms with Gasteiger partial charge < -0.3 is 15.4 Å². The van der Waals surface area contributed by atoms with E-state index < -0.39 is 5.91 Å². The Bertz CT molecular complexity index is 1040. The molecule has 0 radical (unpaired) electrons. The Morgan fingerprint density at radius 2 is 1.82 bits per heavy atom. The molecule has 1 aromatic heterocycles. The number of rotatable bonds is 5. The maximum absolute atomic E-state index is 12.5. The van der Waals surface area contributed by atoms with Crippen molar-refractivity contribution in [2.24, 2.45) is 0 Å². The highest BCUT2D eigenvalue weighted by Gasteiger charge is 2.13. The molecule has 142 valence electrons. The van der Waals surface area contributed by atoms with Crippen molar-refractivity contribution in [3.63, 3.8) is 0 Å². The molecule has 0 aliphatic rings. The first-order chi connectivity index (χ1) is 13.5. The minimum absolute atomic E-state index is 0.123. The molecule has 0 saturated carbocycles. The van der Waals surface area contributed by atoms with Gasteiger partial charge in [0, 0.05) is 34.2 Å². The van der Waals surface area contributed by atoms with Crippen LogP contribution in [0.15, 0.2) is 60.8 Å². The van der Waals surface area contributed by atoms with Crippen LogP contribution in [0.1, 0.15) is 26.4 Å². The third-order valence-corrected chi connectivity index (χ3v) is 4.27. The topological polar surface area (TPSA) is 80.3 Å². The van der Waals surface area contributed by atoms with Crippen molar-refractivity contribution >= 4 is 34.8 Å². The molecule has 0 bridgehead atoms. The van der Waals surface area contributed by atoms with Crippen molar-refractivity contribution < 1.29 is 14.3 Å². The summed E-state index contributed by atoms with van der Waals surface area (Å²) in [4.78, 5) is 29.1. The van der Waals surface area contributed by atoms with Gasteiger partial charge in [0.2, 0.25) is 0 Å². The van der Waals surface area contributed by atoms with Crippen molar-refractivity contribution in [1.82, 2.24) is 4.98 Å². The number of aryl methyl sites for hydroxylation is 1. The maximum atomic E-state index is 12.5. The van der Waals surface area contributed by atoms with E-state index in [-0.39, 0.29) is 11.6 Å². The molecule has 0 aliphatic carbocycles. The SMILES string of the molecule is COc1cccc(NC(=O)c2ccnc(C(=O)Nc3cc(Cl)ccc3C)c2)c1. The van der Waals surface area contributed by atoms with Gasteiger partial charge in [0.1, 0.15) is 11.4 Å². The van der Waals surface area contributed by atoms with Gasteiger partial charge in [-0.3, -0.25) is 14.6 Å². The van der Waals surface area contributed by atoms with E-state index in [1.165, 1.54) is 18.3 Å². The molecule has 0 unspecified atom stereocenters. The highest BCUT2D eigenvalue weighted by molar-refractivity contribution is 6.31. The predicted octanol–water partition coefficient (Wildman–Crippen LogP) is 4.56. The van der Waals surface area contributed by atoms with Crippen molar-refractivity contribution in [3.8, 4) is 5.75 Å². The van der Waals surface area contributed by atoms with E-state index in [1.54, 1.807) is 43.5 Å². The van der Waals surface area contributed by atoms with Gasteiger partial charge in [0.15, 0.2) is 0 Å². The number of aromatic nitrogens is 1. The number of anilines is 2. The van der Waals surface area contributed by atoms with Crippen LogP contribution in [0.2, 0.25) is 5.02 Å². The number of nitrogens with zero attached hydrogens (tertiary/aromatic N) is 1. The fourth-order valence-electron chi connectivity index (χ4n) is 2.52. The second-order valence-corrected chi connectivity index (χ2v) is 6.47. The monoisotopic (exact) mass is 395 g/mol. The van der Waals surface area contributed by atoms with Gasteiger partial charge in [0.25, 0.3) is 11.8 Å². The normalized spacial score (nSPS) is 10.2. The van der Waals surface area contributed by atoms with Gasteiger partial charge in [0.05, 0.1) is 7.11 Å². The van der Waals surface area contributed by atoms with E-state index >= 15 is 0 Å². The number of pyridine rings is 1. The van der Waals surface area contributed by atoms with Gasteiger partial charge in [-0.15, -0.1) is 0 Å². The summed E-state index contributed by atoms with van der Waals surface area (Å²) < 4.78 is 5.14. The zero-order chi connectivity index (χ0) is 20.1. The number of carbonyl (C=O) groups is 2. The minimum Gasteiger partial charge on any atom is -0.497 e. The molecule has 2 N–H and O–H groups in total. The number of amides is 2. The fraction of sp³-hybridized carbons (Fsp3) is 0.0952. The Balaban J connectivity index is 1.76. The smallest absolute Gasteiger partial charge is 0.274 e. The highest BCUT2D eigenvalue weighted by atomic mass is 35.5. The average molecular weight is 396 g/mol. The van der Waals surface area contributed by atoms with Crippen LogP contribution < -0.4 is 15.4 Å². The zero-order valence-corrected chi connectivity index (χ0v) is 16.1. The molecule has 1 heterocycles. The number of benzene rings is 2. The van der Waals surface area contributed by atoms with E-state index in [2.05, 4.69) is 15.6 Å². The number of methoxy groups -OCH3 is 1. The summed E-state index contributed by atoms with van der Waals surface area (Å²) in [6.07, 6.45) is 1.42. The first-order valence-electron chi connectivity index (χ1n) is 8.45. The molecule has 0 fully saturated rings. The van der Waals surface area contributed by atoms with E-state index in [1.807, 2.05) is 13.0 Å². The van der Waals surface area contributed by atoms with Crippen LogP contribution in [-0.2, 0) is 0 Å². The lowest BCUT2D eigenvalue weighted by atomic mass is 10.1. The minimum atomic E-state index is -0.429. The Kier molecular flexibility index (Phi) is 5.91. The molecular weight excluding hydrogens is 378 g/mol. The summed E-state index contributed by atoms with van der Waals surface area (Å²) in [6, 6.07) is 15.2. The first kappa shape index (κ1) is 19.4. The molecule has 7 heteroatoms.